The quantitative estimate of drug-likeness (QED) is 0.543. The van der Waals surface area contributed by atoms with Crippen LogP contribution in [-0.4, -0.2) is 19.7 Å². The Hall–Kier alpha value is -1.26. The summed E-state index contributed by atoms with van der Waals surface area (Å²) in [6, 6.07) is 7.77. The first kappa shape index (κ1) is 10.8. The van der Waals surface area contributed by atoms with E-state index in [9.17, 15) is 0 Å². The molecule has 1 aromatic carbocycles. The summed E-state index contributed by atoms with van der Waals surface area (Å²) in [5.41, 5.74) is 7.52. The Morgan fingerprint density at radius 3 is 2.43 bits per heavy atom. The van der Waals surface area contributed by atoms with Crippen molar-refractivity contribution in [1.29, 1.82) is 0 Å². The van der Waals surface area contributed by atoms with Gasteiger partial charge < -0.3 is 15.5 Å². The van der Waals surface area contributed by atoms with Gasteiger partial charge in [-0.3, -0.25) is 0 Å². The summed E-state index contributed by atoms with van der Waals surface area (Å²) in [7, 11) is 0. The van der Waals surface area contributed by atoms with Crippen molar-refractivity contribution in [2.45, 2.75) is 6.92 Å². The Bertz CT molecular complexity index is 261. The van der Waals surface area contributed by atoms with Crippen LogP contribution in [0.1, 0.15) is 6.92 Å². The highest BCUT2D eigenvalue weighted by Gasteiger charge is 2.02. The van der Waals surface area contributed by atoms with Crippen molar-refractivity contribution in [2.75, 3.05) is 30.3 Å². The van der Waals surface area contributed by atoms with E-state index in [1.54, 1.807) is 0 Å². The topological polar surface area (TPSA) is 64.5 Å². The summed E-state index contributed by atoms with van der Waals surface area (Å²) in [5.74, 6) is 4.99. The largest absolute Gasteiger partial charge is 0.399 e. The van der Waals surface area contributed by atoms with Gasteiger partial charge in [0.05, 0.1) is 6.61 Å². The lowest BCUT2D eigenvalue weighted by atomic mass is 10.2. The Labute approximate surface area is 84.4 Å². The van der Waals surface area contributed by atoms with Crippen molar-refractivity contribution in [2.24, 2.45) is 5.90 Å². The van der Waals surface area contributed by atoms with Crippen molar-refractivity contribution in [3.05, 3.63) is 24.3 Å². The molecule has 1 aromatic rings. The first-order valence-electron chi connectivity index (χ1n) is 4.70. The molecule has 1 rings (SSSR count). The summed E-state index contributed by atoms with van der Waals surface area (Å²) in [6.45, 7) is 4.33. The van der Waals surface area contributed by atoms with Crippen LogP contribution in [0.3, 0.4) is 0 Å². The van der Waals surface area contributed by atoms with Crippen LogP contribution in [0.25, 0.3) is 0 Å². The predicted molar refractivity (Wildman–Crippen MR) is 58.9 cm³/mol. The van der Waals surface area contributed by atoms with E-state index < -0.39 is 0 Å². The van der Waals surface area contributed by atoms with E-state index in [1.165, 1.54) is 0 Å². The lowest BCUT2D eigenvalue weighted by Gasteiger charge is -2.22. The van der Waals surface area contributed by atoms with Gasteiger partial charge >= 0.3 is 0 Å². The molecule has 0 aliphatic carbocycles. The SMILES string of the molecule is CCN(CCON)c1ccc(N)cc1. The number of nitrogens with two attached hydrogens (primary N) is 2. The van der Waals surface area contributed by atoms with Crippen molar-refractivity contribution in [3.63, 3.8) is 0 Å². The fourth-order valence-corrected chi connectivity index (χ4v) is 1.32. The normalized spacial score (nSPS) is 10.1. The monoisotopic (exact) mass is 195 g/mol. The minimum Gasteiger partial charge on any atom is -0.399 e. The molecule has 0 spiro atoms. The van der Waals surface area contributed by atoms with Crippen LogP contribution in [0.15, 0.2) is 24.3 Å². The number of benzene rings is 1. The fourth-order valence-electron chi connectivity index (χ4n) is 1.32. The maximum atomic E-state index is 5.61. The van der Waals surface area contributed by atoms with Gasteiger partial charge in [0.15, 0.2) is 0 Å². The summed E-state index contributed by atoms with van der Waals surface area (Å²) < 4.78 is 0. The molecule has 4 heteroatoms. The second kappa shape index (κ2) is 5.47. The van der Waals surface area contributed by atoms with E-state index in [1.807, 2.05) is 24.3 Å². The Balaban J connectivity index is 2.64. The van der Waals surface area contributed by atoms with Crippen LogP contribution in [0.2, 0.25) is 0 Å². The summed E-state index contributed by atoms with van der Waals surface area (Å²) in [5, 5.41) is 0. The molecule has 78 valence electrons. The molecule has 4 N–H and O–H groups in total. The summed E-state index contributed by atoms with van der Waals surface area (Å²) in [4.78, 5) is 6.73. The molecule has 4 nitrogen and oxygen atoms in total. The zero-order valence-corrected chi connectivity index (χ0v) is 8.44. The second-order valence-electron chi connectivity index (χ2n) is 3.04. The Morgan fingerprint density at radius 1 is 1.29 bits per heavy atom. The molecule has 0 amide bonds. The van der Waals surface area contributed by atoms with E-state index >= 15 is 0 Å². The van der Waals surface area contributed by atoms with Gasteiger partial charge in [-0.05, 0) is 31.2 Å². The molecule has 14 heavy (non-hydrogen) atoms. The van der Waals surface area contributed by atoms with Crippen molar-refractivity contribution in [1.82, 2.24) is 0 Å². The van der Waals surface area contributed by atoms with Crippen molar-refractivity contribution in [3.8, 4) is 0 Å². The van der Waals surface area contributed by atoms with Crippen molar-refractivity contribution >= 4 is 11.4 Å². The molecule has 0 aromatic heterocycles. The highest BCUT2D eigenvalue weighted by Crippen LogP contribution is 2.15. The molecule has 0 heterocycles. The molecule has 0 radical (unpaired) electrons. The zero-order valence-electron chi connectivity index (χ0n) is 8.44. The lowest BCUT2D eigenvalue weighted by Crippen LogP contribution is -2.27. The van der Waals surface area contributed by atoms with E-state index in [4.69, 9.17) is 11.6 Å². The average molecular weight is 195 g/mol. The van der Waals surface area contributed by atoms with Crippen molar-refractivity contribution < 1.29 is 4.84 Å². The third-order valence-electron chi connectivity index (χ3n) is 2.12. The van der Waals surface area contributed by atoms with Gasteiger partial charge in [0.25, 0.3) is 0 Å². The molecule has 0 aliphatic heterocycles. The smallest absolute Gasteiger partial charge is 0.0854 e. The number of nitrogen functional groups attached to an aromatic ring is 1. The van der Waals surface area contributed by atoms with Gasteiger partial charge in [-0.25, -0.2) is 5.90 Å². The standard InChI is InChI=1S/C10H17N3O/c1-2-13(7-8-14-12)10-5-3-9(11)4-6-10/h3-6H,2,7-8,11-12H2,1H3. The predicted octanol–water partition coefficient (Wildman–Crippen LogP) is 0.985. The van der Waals surface area contributed by atoms with E-state index in [-0.39, 0.29) is 0 Å². The third kappa shape index (κ3) is 2.90. The maximum absolute atomic E-state index is 5.61. The van der Waals surface area contributed by atoms with Gasteiger partial charge in [0.2, 0.25) is 0 Å². The molecular weight excluding hydrogens is 178 g/mol. The highest BCUT2D eigenvalue weighted by atomic mass is 16.6. The Kier molecular flexibility index (Phi) is 4.22. The van der Waals surface area contributed by atoms with Crippen LogP contribution >= 0.6 is 0 Å². The highest BCUT2D eigenvalue weighted by molar-refractivity contribution is 5.52. The van der Waals surface area contributed by atoms with Crippen LogP contribution in [0, 0.1) is 0 Å². The van der Waals surface area contributed by atoms with Gasteiger partial charge in [-0.15, -0.1) is 0 Å². The second-order valence-corrected chi connectivity index (χ2v) is 3.04. The first-order valence-corrected chi connectivity index (χ1v) is 4.70. The van der Waals surface area contributed by atoms with Crippen LogP contribution in [0.5, 0.6) is 0 Å². The van der Waals surface area contributed by atoms with Crippen LogP contribution in [0.4, 0.5) is 11.4 Å². The van der Waals surface area contributed by atoms with E-state index in [0.29, 0.717) is 6.61 Å². The number of hydrogen-bond donors (Lipinski definition) is 2. The lowest BCUT2D eigenvalue weighted by molar-refractivity contribution is 0.144. The molecule has 0 saturated carbocycles. The third-order valence-corrected chi connectivity index (χ3v) is 2.12. The number of nitrogens with zero attached hydrogens (tertiary/aromatic N) is 1. The number of hydrogen-bond acceptors (Lipinski definition) is 4. The zero-order chi connectivity index (χ0) is 10.4. The number of rotatable bonds is 5. The molecular formula is C10H17N3O. The summed E-state index contributed by atoms with van der Waals surface area (Å²) in [6.07, 6.45) is 0. The molecule has 0 fully saturated rings. The number of anilines is 2. The molecule has 0 saturated heterocycles. The van der Waals surface area contributed by atoms with Gasteiger partial charge in [-0.2, -0.15) is 0 Å². The van der Waals surface area contributed by atoms with Gasteiger partial charge in [-0.1, -0.05) is 0 Å². The van der Waals surface area contributed by atoms with Crippen LogP contribution < -0.4 is 16.5 Å². The van der Waals surface area contributed by atoms with Gasteiger partial charge in [0.1, 0.15) is 0 Å². The van der Waals surface area contributed by atoms with E-state index in [0.717, 1.165) is 24.5 Å². The fraction of sp³-hybridized carbons (Fsp3) is 0.400. The first-order chi connectivity index (χ1) is 6.77. The van der Waals surface area contributed by atoms with Crippen LogP contribution in [-0.2, 0) is 4.84 Å². The molecule has 0 unspecified atom stereocenters. The number of likely N-dealkylation sites (N-methyl/N-ethyl adjacent to an activating group) is 1. The summed E-state index contributed by atoms with van der Waals surface area (Å²) >= 11 is 0. The molecule has 0 atom stereocenters. The molecule has 0 bridgehead atoms. The van der Waals surface area contributed by atoms with Gasteiger partial charge in [0, 0.05) is 24.5 Å². The average Bonchev–Trinajstić information content (AvgIpc) is 2.21. The van der Waals surface area contributed by atoms with E-state index in [2.05, 4.69) is 16.7 Å². The minimum atomic E-state index is 0.526. The Morgan fingerprint density at radius 2 is 1.93 bits per heavy atom. The maximum Gasteiger partial charge on any atom is 0.0854 e. The molecule has 0 aliphatic rings. The minimum absolute atomic E-state index is 0.526.